The molecule has 2 aliphatic rings. The van der Waals surface area contributed by atoms with Crippen molar-refractivity contribution in [2.45, 2.75) is 18.9 Å². The molecule has 3 rings (SSSR count). The topological polar surface area (TPSA) is 61.9 Å². The minimum absolute atomic E-state index is 0.00913. The third kappa shape index (κ3) is 4.25. The molecule has 2 amide bonds. The van der Waals surface area contributed by atoms with Gasteiger partial charge in [-0.25, -0.2) is 8.78 Å². The zero-order chi connectivity index (χ0) is 17.8. The van der Waals surface area contributed by atoms with Gasteiger partial charge >= 0.3 is 0 Å². The Kier molecular flexibility index (Phi) is 5.47. The van der Waals surface area contributed by atoms with Crippen LogP contribution in [0.15, 0.2) is 18.2 Å². The normalized spacial score (nSPS) is 21.4. The maximum absolute atomic E-state index is 13.6. The molecule has 0 aliphatic carbocycles. The van der Waals surface area contributed by atoms with Crippen LogP contribution in [-0.2, 0) is 9.59 Å². The number of piperidine rings is 1. The molecular weight excluding hydrogens is 332 g/mol. The number of piperazine rings is 1. The molecule has 1 atom stereocenters. The fraction of sp³-hybridized carbons (Fsp3) is 0.529. The summed E-state index contributed by atoms with van der Waals surface area (Å²) < 4.78 is 31.6. The van der Waals surface area contributed by atoms with Crippen LogP contribution in [0.3, 0.4) is 0 Å². The quantitative estimate of drug-likeness (QED) is 0.869. The van der Waals surface area contributed by atoms with Gasteiger partial charge in [0.2, 0.25) is 5.91 Å². The van der Waals surface area contributed by atoms with Crippen LogP contribution in [0.2, 0.25) is 0 Å². The van der Waals surface area contributed by atoms with Crippen LogP contribution in [0.25, 0.3) is 0 Å². The number of hydrogen-bond acceptors (Lipinski definition) is 4. The molecule has 1 aromatic carbocycles. The molecule has 2 fully saturated rings. The molecule has 0 saturated carbocycles. The van der Waals surface area contributed by atoms with E-state index in [-0.39, 0.29) is 30.2 Å². The zero-order valence-corrected chi connectivity index (χ0v) is 13.8. The third-order valence-electron chi connectivity index (χ3n) is 4.56. The highest BCUT2D eigenvalue weighted by Gasteiger charge is 2.31. The van der Waals surface area contributed by atoms with Crippen LogP contribution in [0, 0.1) is 11.6 Å². The Bertz CT molecular complexity index is 656. The van der Waals surface area contributed by atoms with Crippen LogP contribution in [-0.4, -0.2) is 67.0 Å². The van der Waals surface area contributed by atoms with Crippen LogP contribution in [0.4, 0.5) is 8.78 Å². The minimum Gasteiger partial charge on any atom is -0.481 e. The molecular formula is C17H21F2N3O3. The van der Waals surface area contributed by atoms with Crippen molar-refractivity contribution in [3.05, 3.63) is 29.8 Å². The van der Waals surface area contributed by atoms with Gasteiger partial charge < -0.3 is 19.9 Å². The number of amides is 2. The lowest BCUT2D eigenvalue weighted by Gasteiger charge is -2.41. The molecule has 0 aromatic heterocycles. The van der Waals surface area contributed by atoms with Gasteiger partial charge in [0, 0.05) is 38.3 Å². The van der Waals surface area contributed by atoms with Crippen molar-refractivity contribution in [1.82, 2.24) is 15.1 Å². The largest absolute Gasteiger partial charge is 0.481 e. The summed E-state index contributed by atoms with van der Waals surface area (Å²) >= 11 is 0. The third-order valence-corrected chi connectivity index (χ3v) is 4.56. The number of carbonyl (C=O) groups is 2. The lowest BCUT2D eigenvalue weighted by Crippen LogP contribution is -2.57. The number of rotatable bonds is 4. The van der Waals surface area contributed by atoms with E-state index in [9.17, 15) is 18.4 Å². The van der Waals surface area contributed by atoms with Gasteiger partial charge in [-0.1, -0.05) is 0 Å². The number of benzene rings is 1. The van der Waals surface area contributed by atoms with Crippen molar-refractivity contribution in [2.24, 2.45) is 0 Å². The number of ether oxygens (including phenoxy) is 1. The molecule has 2 heterocycles. The second-order valence-corrected chi connectivity index (χ2v) is 6.26. The Balaban J connectivity index is 1.55. The molecule has 6 nitrogen and oxygen atoms in total. The number of hydrogen-bond donors (Lipinski definition) is 1. The van der Waals surface area contributed by atoms with E-state index < -0.39 is 11.6 Å². The Morgan fingerprint density at radius 1 is 1.32 bits per heavy atom. The number of nitrogens with zero attached hydrogens (tertiary/aromatic N) is 2. The number of carbonyl (C=O) groups excluding carboxylic acids is 2. The summed E-state index contributed by atoms with van der Waals surface area (Å²) in [6.45, 7) is 2.46. The van der Waals surface area contributed by atoms with Gasteiger partial charge in [0.1, 0.15) is 5.82 Å². The maximum Gasteiger partial charge on any atom is 0.260 e. The average Bonchev–Trinajstić information content (AvgIpc) is 2.61. The fourth-order valence-electron chi connectivity index (χ4n) is 3.27. The average molecular weight is 353 g/mol. The second kappa shape index (κ2) is 7.77. The lowest BCUT2D eigenvalue weighted by molar-refractivity contribution is -0.141. The first-order valence-electron chi connectivity index (χ1n) is 8.40. The molecule has 25 heavy (non-hydrogen) atoms. The minimum atomic E-state index is -0.837. The Hall–Kier alpha value is -2.22. The number of halogens is 2. The lowest BCUT2D eigenvalue weighted by atomic mass is 10.0. The number of likely N-dealkylation sites (tertiary alicyclic amines) is 1. The fourth-order valence-corrected chi connectivity index (χ4v) is 3.27. The summed E-state index contributed by atoms with van der Waals surface area (Å²) in [6, 6.07) is 2.97. The van der Waals surface area contributed by atoms with Gasteiger partial charge in [-0.05, 0) is 25.0 Å². The molecule has 1 N–H and O–H groups in total. The van der Waals surface area contributed by atoms with E-state index >= 15 is 0 Å². The predicted octanol–water partition coefficient (Wildman–Crippen LogP) is 0.766. The van der Waals surface area contributed by atoms with Crippen molar-refractivity contribution in [1.29, 1.82) is 0 Å². The van der Waals surface area contributed by atoms with E-state index in [1.807, 2.05) is 4.90 Å². The molecule has 136 valence electrons. The second-order valence-electron chi connectivity index (χ2n) is 6.26. The van der Waals surface area contributed by atoms with Crippen LogP contribution in [0.5, 0.6) is 5.75 Å². The van der Waals surface area contributed by atoms with E-state index in [1.165, 1.54) is 0 Å². The van der Waals surface area contributed by atoms with Crippen LogP contribution < -0.4 is 10.1 Å². The van der Waals surface area contributed by atoms with Gasteiger partial charge in [0.15, 0.2) is 18.2 Å². The van der Waals surface area contributed by atoms with Crippen LogP contribution in [0.1, 0.15) is 12.8 Å². The Morgan fingerprint density at radius 2 is 2.16 bits per heavy atom. The summed E-state index contributed by atoms with van der Waals surface area (Å²) in [5.41, 5.74) is 0. The molecule has 0 spiro atoms. The molecule has 8 heteroatoms. The Morgan fingerprint density at radius 3 is 2.92 bits per heavy atom. The van der Waals surface area contributed by atoms with E-state index in [1.54, 1.807) is 4.90 Å². The van der Waals surface area contributed by atoms with Gasteiger partial charge in [-0.15, -0.1) is 0 Å². The molecule has 1 aromatic rings. The summed E-state index contributed by atoms with van der Waals surface area (Å²) in [6.07, 6.45) is 1.67. The summed E-state index contributed by atoms with van der Waals surface area (Å²) in [5, 5.41) is 3.03. The molecule has 0 bridgehead atoms. The zero-order valence-electron chi connectivity index (χ0n) is 13.8. The molecule has 0 radical (unpaired) electrons. The Labute approximate surface area is 144 Å². The number of nitrogens with one attached hydrogen (secondary N) is 1. The highest BCUT2D eigenvalue weighted by atomic mass is 19.1. The van der Waals surface area contributed by atoms with E-state index in [4.69, 9.17) is 4.74 Å². The summed E-state index contributed by atoms with van der Waals surface area (Å²) in [7, 11) is 0. The highest BCUT2D eigenvalue weighted by molar-refractivity contribution is 5.80. The van der Waals surface area contributed by atoms with Gasteiger partial charge in [-0.2, -0.15) is 0 Å². The first-order valence-corrected chi connectivity index (χ1v) is 8.40. The first-order chi connectivity index (χ1) is 12.0. The van der Waals surface area contributed by atoms with Crippen molar-refractivity contribution < 1.29 is 23.1 Å². The summed E-state index contributed by atoms with van der Waals surface area (Å²) in [5.74, 6) is -1.90. The maximum atomic E-state index is 13.6. The predicted molar refractivity (Wildman–Crippen MR) is 86.0 cm³/mol. The SMILES string of the molecule is O=C(COc1ccc(F)cc1F)N1CCCC(N2CCNCC2=O)C1. The molecule has 2 saturated heterocycles. The van der Waals surface area contributed by atoms with Gasteiger partial charge in [0.25, 0.3) is 5.91 Å². The van der Waals surface area contributed by atoms with Crippen molar-refractivity contribution in [3.8, 4) is 5.75 Å². The first kappa shape index (κ1) is 17.6. The highest BCUT2D eigenvalue weighted by Crippen LogP contribution is 2.19. The van der Waals surface area contributed by atoms with Crippen molar-refractivity contribution in [3.63, 3.8) is 0 Å². The molecule has 1 unspecified atom stereocenters. The summed E-state index contributed by atoms with van der Waals surface area (Å²) in [4.78, 5) is 27.8. The standard InChI is InChI=1S/C17H21F2N3O3/c18-12-3-4-15(14(19)8-12)25-11-17(24)21-6-1-2-13(10-21)22-7-5-20-9-16(22)23/h3-4,8,13,20H,1-2,5-7,9-11H2. The van der Waals surface area contributed by atoms with Crippen LogP contribution >= 0.6 is 0 Å². The molecule has 2 aliphatic heterocycles. The van der Waals surface area contributed by atoms with Gasteiger partial charge in [0.05, 0.1) is 6.54 Å². The van der Waals surface area contributed by atoms with E-state index in [0.29, 0.717) is 32.2 Å². The van der Waals surface area contributed by atoms with E-state index in [0.717, 1.165) is 31.5 Å². The monoisotopic (exact) mass is 353 g/mol. The van der Waals surface area contributed by atoms with E-state index in [2.05, 4.69) is 5.32 Å². The van der Waals surface area contributed by atoms with Crippen molar-refractivity contribution >= 4 is 11.8 Å². The van der Waals surface area contributed by atoms with Gasteiger partial charge in [-0.3, -0.25) is 9.59 Å². The van der Waals surface area contributed by atoms with Crippen molar-refractivity contribution in [2.75, 3.05) is 39.3 Å². The smallest absolute Gasteiger partial charge is 0.260 e.